The quantitative estimate of drug-likeness (QED) is 0.570. The number of halogens is 3. The third kappa shape index (κ3) is 19.6. The van der Waals surface area contributed by atoms with Crippen LogP contribution in [-0.4, -0.2) is 37.7 Å². The average molecular weight is 259 g/mol. The summed E-state index contributed by atoms with van der Waals surface area (Å²) in [4.78, 5) is 0. The minimum atomic E-state index is -0.931. The first-order valence-electron chi connectivity index (χ1n) is 0.535. The molecule has 0 heterocycles. The summed E-state index contributed by atoms with van der Waals surface area (Å²) >= 11 is -0.931. The molecular weight excluding hydrogens is 256 g/mol. The Bertz CT molecular complexity index is 9.61. The fraction of sp³-hybridized carbons (Fsp3) is 0. The molecule has 5 heteroatoms. The molecule has 0 N–H and O–H groups in total. The van der Waals surface area contributed by atoms with Crippen molar-refractivity contribution in [3.63, 3.8) is 0 Å². The predicted molar refractivity (Wildman–Crippen MR) is 30.6 cm³/mol. The molecule has 5 heavy (non-hydrogen) atoms. The van der Waals surface area contributed by atoms with Crippen molar-refractivity contribution in [2.75, 3.05) is 0 Å². The van der Waals surface area contributed by atoms with Gasteiger partial charge in [0, 0.05) is 0 Å². The Morgan fingerprint density at radius 1 is 1.20 bits per heavy atom. The van der Waals surface area contributed by atoms with Crippen LogP contribution in [0.25, 0.3) is 0 Å². The zero-order valence-corrected chi connectivity index (χ0v) is 8.06. The summed E-state index contributed by atoms with van der Waals surface area (Å²) in [5, 5.41) is 0. The van der Waals surface area contributed by atoms with E-state index in [0.717, 1.165) is 0 Å². The first-order chi connectivity index (χ1) is 1.41. The van der Waals surface area contributed by atoms with Gasteiger partial charge >= 0.3 is 72.3 Å². The Hall–Kier alpha value is 2.94. The van der Waals surface area contributed by atoms with E-state index in [9.17, 15) is 0 Å². The van der Waals surface area contributed by atoms with Crippen LogP contribution in [0.5, 0.6) is 0 Å². The van der Waals surface area contributed by atoms with Gasteiger partial charge in [-0.2, -0.15) is 0 Å². The Balaban J connectivity index is -0.0000000200. The molecule has 0 rings (SSSR count). The van der Waals surface area contributed by atoms with Crippen LogP contribution in [0.4, 0.5) is 0 Å². The molecule has 0 fully saturated rings. The van der Waals surface area contributed by atoms with Crippen LogP contribution in [0.15, 0.2) is 0 Å². The summed E-state index contributed by atoms with van der Waals surface area (Å²) in [7, 11) is 9.90. The number of hydrogen-bond acceptors (Lipinski definition) is 0. The SMILES string of the molecule is Br.[CaH2].[Cl][Zn][Cl]. The van der Waals surface area contributed by atoms with Crippen molar-refractivity contribution < 1.29 is 15.1 Å². The third-order valence-electron chi connectivity index (χ3n) is 0. The van der Waals surface area contributed by atoms with Crippen molar-refractivity contribution in [3.8, 4) is 0 Å². The molecule has 0 atom stereocenters. The van der Waals surface area contributed by atoms with Gasteiger partial charge in [0.15, 0.2) is 0 Å². The second kappa shape index (κ2) is 15.8. The van der Waals surface area contributed by atoms with E-state index in [4.69, 9.17) is 19.4 Å². The first-order valence-corrected chi connectivity index (χ1v) is 8.33. The maximum absolute atomic E-state index is 4.95. The predicted octanol–water partition coefficient (Wildman–Crippen LogP) is 1.04. The van der Waals surface area contributed by atoms with Crippen LogP contribution in [0.2, 0.25) is 0 Å². The van der Waals surface area contributed by atoms with E-state index in [1.807, 2.05) is 0 Å². The number of rotatable bonds is 0. The molecule has 0 bridgehead atoms. The minimum absolute atomic E-state index is 0. The molecule has 28 valence electrons. The fourth-order valence-corrected chi connectivity index (χ4v) is 0. The second-order valence-electron chi connectivity index (χ2n) is 0.101. The molecule has 0 aliphatic carbocycles. The Morgan fingerprint density at radius 2 is 1.20 bits per heavy atom. The van der Waals surface area contributed by atoms with Gasteiger partial charge in [-0.3, -0.25) is 0 Å². The van der Waals surface area contributed by atoms with Gasteiger partial charge in [0.1, 0.15) is 0 Å². The molecule has 0 aromatic carbocycles. The van der Waals surface area contributed by atoms with E-state index in [-0.39, 0.29) is 54.7 Å². The van der Waals surface area contributed by atoms with Crippen molar-refractivity contribution in [1.82, 2.24) is 0 Å². The maximum atomic E-state index is 4.95. The zero-order chi connectivity index (χ0) is 2.71. The molecule has 0 aliphatic heterocycles. The normalized spacial score (nSPS) is 2.00. The number of hydrogen-bond donors (Lipinski definition) is 0. The Labute approximate surface area is 87.4 Å². The topological polar surface area (TPSA) is 0 Å². The second-order valence-corrected chi connectivity index (χ2v) is 4.72. The van der Waals surface area contributed by atoms with Gasteiger partial charge in [0.05, 0.1) is 0 Å². The van der Waals surface area contributed by atoms with E-state index >= 15 is 0 Å². The van der Waals surface area contributed by atoms with E-state index in [2.05, 4.69) is 0 Å². The molecule has 0 saturated heterocycles. The summed E-state index contributed by atoms with van der Waals surface area (Å²) in [5.41, 5.74) is 0. The molecule has 0 aromatic heterocycles. The van der Waals surface area contributed by atoms with E-state index in [1.165, 1.54) is 0 Å². The van der Waals surface area contributed by atoms with E-state index in [0.29, 0.717) is 0 Å². The zero-order valence-electron chi connectivity index (χ0n) is 1.87. The van der Waals surface area contributed by atoms with Crippen molar-refractivity contribution >= 4 is 74.1 Å². The molecule has 0 unspecified atom stereocenters. The molecule has 0 aromatic rings. The van der Waals surface area contributed by atoms with Crippen LogP contribution in [0.3, 0.4) is 0 Å². The van der Waals surface area contributed by atoms with Crippen molar-refractivity contribution in [2.45, 2.75) is 0 Å². The average Bonchev–Trinajstić information content (AvgIpc) is 0.918. The summed E-state index contributed by atoms with van der Waals surface area (Å²) < 4.78 is 0. The molecule has 0 amide bonds. The van der Waals surface area contributed by atoms with Crippen LogP contribution in [0.1, 0.15) is 0 Å². The molecular formula is H3BrCaCl2Zn. The summed E-state index contributed by atoms with van der Waals surface area (Å²) in [6.07, 6.45) is 0. The van der Waals surface area contributed by atoms with Crippen LogP contribution >= 0.6 is 36.4 Å². The summed E-state index contributed by atoms with van der Waals surface area (Å²) in [6, 6.07) is 0. The Kier molecular flexibility index (Phi) is 49.4. The van der Waals surface area contributed by atoms with Crippen LogP contribution in [-0.2, 0) is 15.1 Å². The van der Waals surface area contributed by atoms with Gasteiger partial charge in [-0.15, -0.1) is 17.0 Å². The van der Waals surface area contributed by atoms with Crippen LogP contribution < -0.4 is 0 Å². The summed E-state index contributed by atoms with van der Waals surface area (Å²) in [6.45, 7) is 0. The monoisotopic (exact) mass is 256 g/mol. The molecule has 0 saturated carbocycles. The Morgan fingerprint density at radius 3 is 1.20 bits per heavy atom. The standard InChI is InChI=1S/BrH.Ca.2ClH.Zn.2H/h1H;;2*1H;;;/q;;;;+2;;/p-2. The van der Waals surface area contributed by atoms with Crippen LogP contribution in [0, 0.1) is 0 Å². The van der Waals surface area contributed by atoms with E-state index in [1.54, 1.807) is 0 Å². The van der Waals surface area contributed by atoms with Gasteiger partial charge in [-0.25, -0.2) is 0 Å². The first kappa shape index (κ1) is 15.7. The summed E-state index contributed by atoms with van der Waals surface area (Å²) in [5.74, 6) is 0. The fourth-order valence-electron chi connectivity index (χ4n) is 0. The molecule has 0 radical (unpaired) electrons. The van der Waals surface area contributed by atoms with Crippen molar-refractivity contribution in [2.24, 2.45) is 0 Å². The van der Waals surface area contributed by atoms with Gasteiger partial charge in [0.2, 0.25) is 0 Å². The van der Waals surface area contributed by atoms with Crippen molar-refractivity contribution in [1.29, 1.82) is 0 Å². The van der Waals surface area contributed by atoms with Gasteiger partial charge < -0.3 is 0 Å². The van der Waals surface area contributed by atoms with Gasteiger partial charge in [-0.1, -0.05) is 0 Å². The molecule has 0 spiro atoms. The third-order valence-corrected chi connectivity index (χ3v) is 0. The van der Waals surface area contributed by atoms with Gasteiger partial charge in [-0.05, 0) is 0 Å². The molecule has 0 aliphatic rings. The van der Waals surface area contributed by atoms with Gasteiger partial charge in [0.25, 0.3) is 0 Å². The molecule has 0 nitrogen and oxygen atoms in total. The van der Waals surface area contributed by atoms with E-state index < -0.39 is 15.1 Å². The van der Waals surface area contributed by atoms with Crippen molar-refractivity contribution in [3.05, 3.63) is 0 Å².